The molecule has 3 fully saturated rings. The number of phenolic OH excluding ortho intramolecular Hbond substituents is 1. The number of thioether (sulfide) groups is 1. The number of hydrogen-bond donors (Lipinski definition) is 14. The van der Waals surface area contributed by atoms with Crippen LogP contribution in [0.1, 0.15) is 68.6 Å². The van der Waals surface area contributed by atoms with E-state index in [1.54, 1.807) is 70.3 Å². The normalized spacial score (nSPS) is 21.8. The third kappa shape index (κ3) is 28.5. The third-order valence-electron chi connectivity index (χ3n) is 18.5. The molecule has 0 saturated carbocycles. The zero-order chi connectivity index (χ0) is 73.7. The predicted octanol–water partition coefficient (Wildman–Crippen LogP) is -1.60. The molecule has 0 unspecified atom stereocenters. The number of phenols is 1. The van der Waals surface area contributed by atoms with E-state index in [1.165, 1.54) is 42.8 Å². The molecule has 4 aromatic rings. The van der Waals surface area contributed by atoms with Crippen LogP contribution < -0.4 is 42.5 Å². The molecule has 0 spiro atoms. The van der Waals surface area contributed by atoms with Crippen molar-refractivity contribution in [3.05, 3.63) is 102 Å². The summed E-state index contributed by atoms with van der Waals surface area (Å²) in [5.74, 6) is -9.30. The maximum absolute atomic E-state index is 15.3. The molecule has 8 amide bonds. The number of aromatic hydroxyl groups is 1. The Morgan fingerprint density at radius 3 is 1.60 bits per heavy atom. The van der Waals surface area contributed by atoms with E-state index < -0.39 is 102 Å². The maximum atomic E-state index is 15.3. The average Bonchev–Trinajstić information content (AvgIpc) is 1.74. The van der Waals surface area contributed by atoms with Gasteiger partial charge in [-0.15, -0.1) is 0 Å². The Bertz CT molecular complexity index is 3410. The van der Waals surface area contributed by atoms with E-state index >= 15 is 19.2 Å². The number of H-pyrrole nitrogens is 1. The van der Waals surface area contributed by atoms with Crippen molar-refractivity contribution >= 4 is 87.8 Å². The number of piperazine rings is 1. The summed E-state index contributed by atoms with van der Waals surface area (Å²) in [5.41, 5.74) is 2.53. The quantitative estimate of drug-likeness (QED) is 0.0272. The number of hydrogen-bond acceptors (Lipinski definition) is 20. The number of nitrogens with one attached hydrogen (secondary N) is 9. The number of fused-ring (bicyclic) bond motifs is 1. The van der Waals surface area contributed by atoms with Crippen LogP contribution in [0.3, 0.4) is 0 Å². The second kappa shape index (κ2) is 43.7. The maximum Gasteiger partial charge on any atom is 0.317 e. The summed E-state index contributed by atoms with van der Waals surface area (Å²) in [6.45, 7) is 7.22. The molecule has 3 saturated heterocycles. The van der Waals surface area contributed by atoms with Gasteiger partial charge in [0, 0.05) is 178 Å². The molecular weight excluding hydrogens is 1510 g/mol. The van der Waals surface area contributed by atoms with E-state index in [2.05, 4.69) is 47.5 Å². The second-order valence-electron chi connectivity index (χ2n) is 26.3. The topological polar surface area (TPSA) is 420 Å². The van der Waals surface area contributed by atoms with E-state index in [1.807, 2.05) is 34.1 Å². The van der Waals surface area contributed by atoms with E-state index in [-0.39, 0.29) is 157 Å². The Balaban J connectivity index is 0.0000167. The van der Waals surface area contributed by atoms with E-state index in [0.717, 1.165) is 23.7 Å². The SMILES string of the molecule is C[C@@H](O)[C@@H]1NC(=O)[C@H](CN2CCNCC2)NC(=O)[C@@H]([C@@H](C)c2c[nH]c3ccccc23)NC(=O)[C@H](Cc2ccc(O)cc2)NC(=O)[C@H](CCSCC(=O)NCCCCCCNC(=O)CN2CCN(CC(=O)O)CCN(CC(=O)O)CCN(CC(=O)O)CC2)N(C)C(=O)[C@H](Cc2ccccc2)NC1=O.[Lu]. The van der Waals surface area contributed by atoms with Gasteiger partial charge >= 0.3 is 17.9 Å². The van der Waals surface area contributed by atoms with Crippen LogP contribution in [0.2, 0.25) is 0 Å². The van der Waals surface area contributed by atoms with Gasteiger partial charge in [0.15, 0.2) is 0 Å². The summed E-state index contributed by atoms with van der Waals surface area (Å²) in [5, 5.41) is 74.2. The van der Waals surface area contributed by atoms with Crippen LogP contribution >= 0.6 is 11.8 Å². The summed E-state index contributed by atoms with van der Waals surface area (Å²) in [6.07, 6.45) is 2.56. The zero-order valence-corrected chi connectivity index (χ0v) is 61.1. The molecule has 0 aliphatic carbocycles. The standard InChI is InChI=1S/C70H101N15O16S.Lu/c1-46(52-39-74-53-16-10-9-15-51(52)53)63-68(99)77-56(40-81-26-24-71-25-27-81)66(97)79-64(47(2)86)69(100)76-55(38-48-13-7-6-8-14-48)70(101)80(3)57(67(98)75-54(65(96)78-63)37-49-17-19-50(87)20-18-49)21-36-102-45-59(89)73-23-12-5-4-11-22-72-58(88)41-82-28-30-83(42-60(90)91)32-34-85(44-62(94)95)35-33-84(31-29-82)43-61(92)93;/h6-10,13-20,39,46-47,54-57,63-64,71,74,86-87H,4-5,11-12,21-38,40-45H2,1-3H3,(H,72,88)(H,73,89)(H,75,98)(H,76,100)(H,77,99)(H,78,96)(H,79,97)(H,90,91)(H,92,93)(H,94,95);/t46-,47+,54-,55-,56-,57-,63+,64-;/m0./s1. The molecule has 31 nitrogen and oxygen atoms in total. The van der Waals surface area contributed by atoms with Crippen molar-refractivity contribution in [2.75, 3.05) is 143 Å². The number of rotatable bonds is 29. The number of aliphatic carboxylic acids is 3. The van der Waals surface area contributed by atoms with Gasteiger partial charge in [-0.25, -0.2) is 0 Å². The first-order chi connectivity index (χ1) is 48.9. The van der Waals surface area contributed by atoms with Crippen LogP contribution in [0.15, 0.2) is 85.1 Å². The summed E-state index contributed by atoms with van der Waals surface area (Å²) in [6, 6.07) is 13.5. The molecule has 573 valence electrons. The number of carbonyl (C=O) groups excluding carboxylic acids is 8. The van der Waals surface area contributed by atoms with Gasteiger partial charge in [-0.3, -0.25) is 77.2 Å². The molecule has 7 rings (SSSR count). The van der Waals surface area contributed by atoms with Crippen molar-refractivity contribution in [3.63, 3.8) is 0 Å². The number of unbranched alkanes of at least 4 members (excludes halogenated alkanes) is 3. The van der Waals surface area contributed by atoms with E-state index in [4.69, 9.17) is 0 Å². The number of aliphatic hydroxyl groups excluding tert-OH is 1. The zero-order valence-electron chi connectivity index (χ0n) is 58.6. The molecule has 14 N–H and O–H groups in total. The van der Waals surface area contributed by atoms with Crippen LogP contribution in [0.5, 0.6) is 5.75 Å². The molecule has 33 heteroatoms. The molecule has 3 aliphatic heterocycles. The minimum Gasteiger partial charge on any atom is -0.508 e. The fraction of sp³-hybridized carbons (Fsp3) is 0.557. The number of aromatic nitrogens is 1. The summed E-state index contributed by atoms with van der Waals surface area (Å²) in [7, 11) is 1.39. The van der Waals surface area contributed by atoms with Gasteiger partial charge in [-0.1, -0.05) is 80.4 Å². The molecule has 1 aromatic heterocycles. The Kier molecular flexibility index (Phi) is 35.8. The summed E-state index contributed by atoms with van der Waals surface area (Å²) in [4.78, 5) is 165. The Hall–Kier alpha value is -7.53. The van der Waals surface area contributed by atoms with Crippen molar-refractivity contribution < 1.29 is 115 Å². The van der Waals surface area contributed by atoms with Crippen LogP contribution in [-0.4, -0.2) is 310 Å². The number of amides is 8. The molecule has 4 heterocycles. The average molecular weight is 1620 g/mol. The van der Waals surface area contributed by atoms with Gasteiger partial charge in [0.25, 0.3) is 0 Å². The number of benzene rings is 3. The van der Waals surface area contributed by atoms with E-state index in [0.29, 0.717) is 81.9 Å². The van der Waals surface area contributed by atoms with Gasteiger partial charge in [-0.2, -0.15) is 11.8 Å². The fourth-order valence-corrected chi connectivity index (χ4v) is 13.5. The van der Waals surface area contributed by atoms with Crippen molar-refractivity contribution in [2.24, 2.45) is 0 Å². The molecule has 1 radical (unpaired) electrons. The number of carboxylic acid groups (broad SMARTS) is 3. The van der Waals surface area contributed by atoms with Gasteiger partial charge in [0.1, 0.15) is 42.0 Å². The number of carboxylic acids is 3. The minimum absolute atomic E-state index is 0. The third-order valence-corrected chi connectivity index (χ3v) is 19.4. The molecular formula is C70H101LuN15O16S. The van der Waals surface area contributed by atoms with Crippen molar-refractivity contribution in [3.8, 4) is 5.75 Å². The molecule has 0 bridgehead atoms. The summed E-state index contributed by atoms with van der Waals surface area (Å²) < 4.78 is 0. The van der Waals surface area contributed by atoms with E-state index in [9.17, 15) is 59.1 Å². The second-order valence-corrected chi connectivity index (χ2v) is 27.4. The fourth-order valence-electron chi connectivity index (χ4n) is 12.7. The van der Waals surface area contributed by atoms with Gasteiger partial charge in [-0.05, 0) is 66.8 Å². The molecule has 3 aliphatic rings. The Morgan fingerprint density at radius 1 is 0.544 bits per heavy atom. The number of likely N-dealkylation sites (N-methyl/N-ethyl adjacent to an activating group) is 1. The number of carbonyl (C=O) groups is 11. The monoisotopic (exact) mass is 1610 g/mol. The largest absolute Gasteiger partial charge is 0.508 e. The number of aromatic amines is 1. The van der Waals surface area contributed by atoms with Gasteiger partial charge in [0.05, 0.1) is 38.0 Å². The van der Waals surface area contributed by atoms with Crippen molar-refractivity contribution in [1.29, 1.82) is 0 Å². The minimum atomic E-state index is -1.66. The summed E-state index contributed by atoms with van der Waals surface area (Å²) >= 11 is 1.19. The smallest absolute Gasteiger partial charge is 0.317 e. The first-order valence-electron chi connectivity index (χ1n) is 34.8. The molecule has 103 heavy (non-hydrogen) atoms. The number of nitrogens with zero attached hydrogens (tertiary/aromatic N) is 6. The van der Waals surface area contributed by atoms with Crippen molar-refractivity contribution in [2.45, 2.75) is 107 Å². The van der Waals surface area contributed by atoms with Gasteiger partial charge < -0.3 is 78.0 Å². The van der Waals surface area contributed by atoms with Gasteiger partial charge in [0.2, 0.25) is 47.3 Å². The van der Waals surface area contributed by atoms with Crippen molar-refractivity contribution in [1.82, 2.24) is 76.9 Å². The Labute approximate surface area is 633 Å². The molecule has 3 aromatic carbocycles. The first-order valence-corrected chi connectivity index (χ1v) is 36.0. The van der Waals surface area contributed by atoms with Crippen LogP contribution in [0, 0.1) is 36.9 Å². The van der Waals surface area contributed by atoms with Crippen LogP contribution in [0.4, 0.5) is 0 Å². The number of aliphatic hydroxyl groups is 1. The Morgan fingerprint density at radius 2 is 1.03 bits per heavy atom. The first kappa shape index (κ1) is 84.4. The molecule has 8 atom stereocenters. The predicted molar refractivity (Wildman–Crippen MR) is 381 cm³/mol. The number of para-hydroxylation sites is 1. The van der Waals surface area contributed by atoms with Crippen LogP contribution in [-0.2, 0) is 65.6 Å². The van der Waals surface area contributed by atoms with Crippen LogP contribution in [0.25, 0.3) is 10.9 Å².